The molecule has 0 bridgehead atoms. The fourth-order valence-corrected chi connectivity index (χ4v) is 4.33. The summed E-state index contributed by atoms with van der Waals surface area (Å²) in [6, 6.07) is 13.5. The Kier molecular flexibility index (Phi) is 5.03. The average Bonchev–Trinajstić information content (AvgIpc) is 3.06. The minimum absolute atomic E-state index is 0.251. The van der Waals surface area contributed by atoms with Crippen molar-refractivity contribution in [2.45, 2.75) is 49.9 Å². The van der Waals surface area contributed by atoms with Gasteiger partial charge in [0.1, 0.15) is 11.7 Å². The summed E-state index contributed by atoms with van der Waals surface area (Å²) < 4.78 is 2.38. The number of nitriles is 1. The largest absolute Gasteiger partial charge is 0.326 e. The van der Waals surface area contributed by atoms with Crippen LogP contribution in [0.15, 0.2) is 36.5 Å². The Balaban J connectivity index is 1.77. The summed E-state index contributed by atoms with van der Waals surface area (Å²) in [5.74, 6) is 0.251. The molecule has 2 heterocycles. The third kappa shape index (κ3) is 3.39. The van der Waals surface area contributed by atoms with Gasteiger partial charge in [-0.3, -0.25) is 0 Å². The van der Waals surface area contributed by atoms with Crippen LogP contribution in [-0.4, -0.2) is 14.5 Å². The zero-order valence-electron chi connectivity index (χ0n) is 14.7. The predicted octanol–water partition coefficient (Wildman–Crippen LogP) is 5.29. The van der Waals surface area contributed by atoms with Gasteiger partial charge >= 0.3 is 0 Å². The summed E-state index contributed by atoms with van der Waals surface area (Å²) >= 11 is 3.50. The standard InChI is InChI=1S/C21H21BrN4/c22-12-16-8-6-15(7-9-16)10-19-11-17-14-24-20(13-23)25-21(17)26(19)18-4-2-1-3-5-18/h6-9,11,14,18H,1-5,10,12H2. The van der Waals surface area contributed by atoms with Gasteiger partial charge in [-0.1, -0.05) is 59.5 Å². The summed E-state index contributed by atoms with van der Waals surface area (Å²) in [7, 11) is 0. The number of benzene rings is 1. The van der Waals surface area contributed by atoms with Crippen LogP contribution in [0.25, 0.3) is 11.0 Å². The van der Waals surface area contributed by atoms with Crippen molar-refractivity contribution in [3.8, 4) is 6.07 Å². The SMILES string of the molecule is N#Cc1ncc2cc(Cc3ccc(CBr)cc3)n(C3CCCCC3)c2n1. The lowest BCUT2D eigenvalue weighted by Gasteiger charge is -2.26. The van der Waals surface area contributed by atoms with Crippen LogP contribution in [0.5, 0.6) is 0 Å². The molecule has 0 radical (unpaired) electrons. The van der Waals surface area contributed by atoms with E-state index in [4.69, 9.17) is 0 Å². The molecule has 132 valence electrons. The Morgan fingerprint density at radius 2 is 1.85 bits per heavy atom. The maximum atomic E-state index is 9.20. The quantitative estimate of drug-likeness (QED) is 0.550. The van der Waals surface area contributed by atoms with E-state index < -0.39 is 0 Å². The Bertz CT molecular complexity index is 947. The first-order valence-corrected chi connectivity index (χ1v) is 10.3. The molecule has 3 aromatic rings. The van der Waals surface area contributed by atoms with Crippen molar-refractivity contribution in [2.24, 2.45) is 0 Å². The Morgan fingerprint density at radius 1 is 1.12 bits per heavy atom. The van der Waals surface area contributed by atoms with Crippen LogP contribution < -0.4 is 0 Å². The molecule has 1 aliphatic rings. The molecule has 0 atom stereocenters. The summed E-state index contributed by atoms with van der Waals surface area (Å²) in [6.45, 7) is 0. The Hall–Kier alpha value is -2.19. The highest BCUT2D eigenvalue weighted by Crippen LogP contribution is 2.33. The maximum absolute atomic E-state index is 9.20. The second kappa shape index (κ2) is 7.59. The molecular weight excluding hydrogens is 388 g/mol. The van der Waals surface area contributed by atoms with Crippen molar-refractivity contribution in [2.75, 3.05) is 0 Å². The van der Waals surface area contributed by atoms with Gasteiger partial charge in [-0.15, -0.1) is 0 Å². The van der Waals surface area contributed by atoms with E-state index in [-0.39, 0.29) is 5.82 Å². The first-order valence-electron chi connectivity index (χ1n) is 9.19. The molecule has 1 aromatic carbocycles. The van der Waals surface area contributed by atoms with Gasteiger partial charge in [-0.2, -0.15) is 5.26 Å². The van der Waals surface area contributed by atoms with Crippen molar-refractivity contribution in [3.05, 3.63) is 59.2 Å². The number of alkyl halides is 1. The summed E-state index contributed by atoms with van der Waals surface area (Å²) in [4.78, 5) is 8.71. The minimum atomic E-state index is 0.251. The smallest absolute Gasteiger partial charge is 0.234 e. The fourth-order valence-electron chi connectivity index (χ4n) is 3.95. The highest BCUT2D eigenvalue weighted by Gasteiger charge is 2.21. The van der Waals surface area contributed by atoms with Gasteiger partial charge < -0.3 is 4.57 Å². The summed E-state index contributed by atoms with van der Waals surface area (Å²) in [6.07, 6.45) is 8.88. The van der Waals surface area contributed by atoms with E-state index in [1.165, 1.54) is 48.9 Å². The molecule has 5 heteroatoms. The highest BCUT2D eigenvalue weighted by molar-refractivity contribution is 9.08. The summed E-state index contributed by atoms with van der Waals surface area (Å²) in [5, 5.41) is 11.1. The van der Waals surface area contributed by atoms with E-state index in [0.717, 1.165) is 22.8 Å². The molecule has 4 rings (SSSR count). The first kappa shape index (κ1) is 17.2. The van der Waals surface area contributed by atoms with E-state index >= 15 is 0 Å². The van der Waals surface area contributed by atoms with E-state index in [9.17, 15) is 5.26 Å². The zero-order chi connectivity index (χ0) is 17.9. The maximum Gasteiger partial charge on any atom is 0.234 e. The molecule has 0 aliphatic heterocycles. The lowest BCUT2D eigenvalue weighted by atomic mass is 9.95. The molecule has 1 saturated carbocycles. The number of nitrogens with zero attached hydrogens (tertiary/aromatic N) is 4. The van der Waals surface area contributed by atoms with E-state index in [1.54, 1.807) is 6.20 Å². The van der Waals surface area contributed by atoms with Crippen molar-refractivity contribution >= 4 is 27.0 Å². The van der Waals surface area contributed by atoms with Crippen LogP contribution in [0.3, 0.4) is 0 Å². The molecule has 0 amide bonds. The lowest BCUT2D eigenvalue weighted by Crippen LogP contribution is -2.16. The molecule has 0 N–H and O–H groups in total. The zero-order valence-corrected chi connectivity index (χ0v) is 16.2. The van der Waals surface area contributed by atoms with Crippen LogP contribution in [0.2, 0.25) is 0 Å². The van der Waals surface area contributed by atoms with Gasteiger partial charge in [-0.25, -0.2) is 9.97 Å². The molecule has 0 saturated heterocycles. The van der Waals surface area contributed by atoms with Gasteiger partial charge in [-0.05, 0) is 30.0 Å². The van der Waals surface area contributed by atoms with Crippen molar-refractivity contribution in [1.29, 1.82) is 5.26 Å². The Labute approximate surface area is 162 Å². The van der Waals surface area contributed by atoms with E-state index in [1.807, 2.05) is 0 Å². The number of halogens is 1. The number of hydrogen-bond acceptors (Lipinski definition) is 3. The number of fused-ring (bicyclic) bond motifs is 1. The Morgan fingerprint density at radius 3 is 2.54 bits per heavy atom. The van der Waals surface area contributed by atoms with Gasteiger partial charge in [0.2, 0.25) is 5.82 Å². The van der Waals surface area contributed by atoms with Crippen LogP contribution in [0.1, 0.15) is 60.8 Å². The van der Waals surface area contributed by atoms with Gasteiger partial charge in [0.25, 0.3) is 0 Å². The van der Waals surface area contributed by atoms with E-state index in [0.29, 0.717) is 6.04 Å². The van der Waals surface area contributed by atoms with E-state index in [2.05, 4.69) is 66.9 Å². The van der Waals surface area contributed by atoms with Crippen molar-refractivity contribution in [1.82, 2.24) is 14.5 Å². The van der Waals surface area contributed by atoms with Gasteiger partial charge in [0.15, 0.2) is 0 Å². The second-order valence-electron chi connectivity index (χ2n) is 7.01. The molecule has 0 unspecified atom stereocenters. The highest BCUT2D eigenvalue weighted by atomic mass is 79.9. The molecule has 2 aromatic heterocycles. The molecule has 26 heavy (non-hydrogen) atoms. The number of hydrogen-bond donors (Lipinski definition) is 0. The second-order valence-corrected chi connectivity index (χ2v) is 7.57. The predicted molar refractivity (Wildman–Crippen MR) is 106 cm³/mol. The van der Waals surface area contributed by atoms with Gasteiger partial charge in [0, 0.05) is 35.1 Å². The van der Waals surface area contributed by atoms with Crippen molar-refractivity contribution < 1.29 is 0 Å². The molecule has 1 fully saturated rings. The normalized spacial score (nSPS) is 15.2. The molecular formula is C21H21BrN4. The molecule has 0 spiro atoms. The van der Waals surface area contributed by atoms with Gasteiger partial charge in [0.05, 0.1) is 0 Å². The first-order chi connectivity index (χ1) is 12.8. The fraction of sp³-hybridized carbons (Fsp3) is 0.381. The minimum Gasteiger partial charge on any atom is -0.326 e. The molecule has 1 aliphatic carbocycles. The third-order valence-corrected chi connectivity index (χ3v) is 5.91. The van der Waals surface area contributed by atoms with Crippen LogP contribution >= 0.6 is 15.9 Å². The monoisotopic (exact) mass is 408 g/mol. The lowest BCUT2D eigenvalue weighted by molar-refractivity contribution is 0.354. The van der Waals surface area contributed by atoms with Crippen LogP contribution in [-0.2, 0) is 11.8 Å². The van der Waals surface area contributed by atoms with Crippen molar-refractivity contribution in [3.63, 3.8) is 0 Å². The number of rotatable bonds is 4. The van der Waals surface area contributed by atoms with Crippen LogP contribution in [0, 0.1) is 11.3 Å². The topological polar surface area (TPSA) is 54.5 Å². The summed E-state index contributed by atoms with van der Waals surface area (Å²) in [5.41, 5.74) is 4.76. The third-order valence-electron chi connectivity index (χ3n) is 5.26. The average molecular weight is 409 g/mol. The number of aromatic nitrogens is 3. The molecule has 4 nitrogen and oxygen atoms in total. The van der Waals surface area contributed by atoms with Crippen LogP contribution in [0.4, 0.5) is 0 Å².